The Morgan fingerprint density at radius 3 is 2.50 bits per heavy atom. The number of phenolic OH excluding ortho intramolecular Hbond substituents is 1. The van der Waals surface area contributed by atoms with Gasteiger partial charge in [-0.3, -0.25) is 0 Å². The summed E-state index contributed by atoms with van der Waals surface area (Å²) in [4.78, 5) is 5.70. The molecule has 4 heteroatoms. The maximum atomic E-state index is 9.22. The number of aromatic hydroxyl groups is 1. The van der Waals surface area contributed by atoms with Gasteiger partial charge in [-0.1, -0.05) is 6.92 Å². The molecule has 0 aliphatic heterocycles. The molecule has 0 fully saturated rings. The molecule has 84 valence electrons. The number of nitrogens with zero attached hydrogens (tertiary/aromatic N) is 1. The van der Waals surface area contributed by atoms with Gasteiger partial charge in [-0.2, -0.15) is 0 Å². The largest absolute Gasteiger partial charge is 0.508 e. The summed E-state index contributed by atoms with van der Waals surface area (Å²) in [5.74, 6) is 0.273. The normalized spacial score (nSPS) is 10.6. The third-order valence-electron chi connectivity index (χ3n) is 2.41. The molecule has 3 N–H and O–H groups in total. The summed E-state index contributed by atoms with van der Waals surface area (Å²) in [7, 11) is 0. The molecule has 1 heterocycles. The van der Waals surface area contributed by atoms with Crippen molar-refractivity contribution in [1.82, 2.24) is 4.98 Å². The van der Waals surface area contributed by atoms with Crippen LogP contribution in [0.1, 0.15) is 17.5 Å². The molecule has 3 nitrogen and oxygen atoms in total. The van der Waals surface area contributed by atoms with Crippen molar-refractivity contribution in [3.63, 3.8) is 0 Å². The number of nitrogens with two attached hydrogens (primary N) is 1. The Balaban J connectivity index is 2.40. The number of rotatable bonds is 3. The number of phenols is 1. The van der Waals surface area contributed by atoms with Crippen molar-refractivity contribution in [2.24, 2.45) is 5.73 Å². The average Bonchev–Trinajstić information content (AvgIpc) is 2.73. The van der Waals surface area contributed by atoms with Gasteiger partial charge in [0, 0.05) is 17.0 Å². The molecular weight excluding hydrogens is 220 g/mol. The number of thiazole rings is 1. The van der Waals surface area contributed by atoms with Gasteiger partial charge in [0.2, 0.25) is 0 Å². The summed E-state index contributed by atoms with van der Waals surface area (Å²) in [6.07, 6.45) is 0.904. The van der Waals surface area contributed by atoms with Crippen LogP contribution in [0, 0.1) is 0 Å². The Labute approximate surface area is 98.6 Å². The van der Waals surface area contributed by atoms with E-state index in [4.69, 9.17) is 5.73 Å². The molecule has 0 bridgehead atoms. The van der Waals surface area contributed by atoms with Crippen molar-refractivity contribution in [2.45, 2.75) is 19.9 Å². The number of aryl methyl sites for hydroxylation is 1. The summed E-state index contributed by atoms with van der Waals surface area (Å²) in [5.41, 5.74) is 7.78. The van der Waals surface area contributed by atoms with Gasteiger partial charge in [-0.05, 0) is 30.7 Å². The fourth-order valence-corrected chi connectivity index (χ4v) is 2.58. The summed E-state index contributed by atoms with van der Waals surface area (Å²) in [6.45, 7) is 2.62. The number of aromatic nitrogens is 1. The fourth-order valence-electron chi connectivity index (χ4n) is 1.55. The minimum atomic E-state index is 0.273. The second kappa shape index (κ2) is 4.63. The predicted octanol–water partition coefficient (Wildman–Crippen LogP) is 2.54. The van der Waals surface area contributed by atoms with Crippen molar-refractivity contribution in [3.05, 3.63) is 34.8 Å². The highest BCUT2D eigenvalue weighted by atomic mass is 32.1. The molecule has 0 spiro atoms. The van der Waals surface area contributed by atoms with E-state index >= 15 is 0 Å². The molecule has 0 atom stereocenters. The van der Waals surface area contributed by atoms with E-state index in [1.807, 2.05) is 12.1 Å². The monoisotopic (exact) mass is 234 g/mol. The van der Waals surface area contributed by atoms with Gasteiger partial charge < -0.3 is 10.8 Å². The molecule has 0 saturated heterocycles. The Bertz CT molecular complexity index is 455. The van der Waals surface area contributed by atoms with E-state index in [9.17, 15) is 5.11 Å². The van der Waals surface area contributed by atoms with Gasteiger partial charge in [-0.25, -0.2) is 4.98 Å². The van der Waals surface area contributed by atoms with Crippen molar-refractivity contribution in [3.8, 4) is 16.3 Å². The zero-order chi connectivity index (χ0) is 11.5. The maximum Gasteiger partial charge on any atom is 0.123 e. The Kier molecular flexibility index (Phi) is 3.22. The van der Waals surface area contributed by atoms with E-state index < -0.39 is 0 Å². The second-order valence-corrected chi connectivity index (χ2v) is 4.58. The number of benzene rings is 1. The summed E-state index contributed by atoms with van der Waals surface area (Å²) in [6, 6.07) is 7.08. The summed E-state index contributed by atoms with van der Waals surface area (Å²) >= 11 is 1.63. The van der Waals surface area contributed by atoms with Crippen LogP contribution in [0.3, 0.4) is 0 Å². The number of hydrogen-bond acceptors (Lipinski definition) is 4. The van der Waals surface area contributed by atoms with Crippen LogP contribution in [0.25, 0.3) is 10.6 Å². The van der Waals surface area contributed by atoms with E-state index in [1.54, 1.807) is 23.5 Å². The standard InChI is InChI=1S/C12H14N2OS/c1-2-10-11(7-13)16-12(14-10)8-3-5-9(15)6-4-8/h3-6,15H,2,7,13H2,1H3. The van der Waals surface area contributed by atoms with Crippen LogP contribution in [-0.4, -0.2) is 10.1 Å². The minimum Gasteiger partial charge on any atom is -0.508 e. The average molecular weight is 234 g/mol. The molecule has 2 rings (SSSR count). The first-order valence-corrected chi connectivity index (χ1v) is 6.04. The highest BCUT2D eigenvalue weighted by Gasteiger charge is 2.09. The summed E-state index contributed by atoms with van der Waals surface area (Å²) < 4.78 is 0. The lowest BCUT2D eigenvalue weighted by molar-refractivity contribution is 0.475. The maximum absolute atomic E-state index is 9.22. The topological polar surface area (TPSA) is 59.1 Å². The van der Waals surface area contributed by atoms with E-state index in [0.29, 0.717) is 6.54 Å². The molecule has 0 aliphatic rings. The number of hydrogen-bond donors (Lipinski definition) is 2. The van der Waals surface area contributed by atoms with E-state index in [0.717, 1.165) is 27.6 Å². The van der Waals surface area contributed by atoms with Gasteiger partial charge in [-0.15, -0.1) is 11.3 Å². The van der Waals surface area contributed by atoms with Crippen LogP contribution in [0.5, 0.6) is 5.75 Å². The van der Waals surface area contributed by atoms with E-state index in [2.05, 4.69) is 11.9 Å². The van der Waals surface area contributed by atoms with Crippen LogP contribution in [-0.2, 0) is 13.0 Å². The van der Waals surface area contributed by atoms with Crippen molar-refractivity contribution < 1.29 is 5.11 Å². The molecule has 0 saturated carbocycles. The minimum absolute atomic E-state index is 0.273. The SMILES string of the molecule is CCc1nc(-c2ccc(O)cc2)sc1CN. The van der Waals surface area contributed by atoms with Crippen LogP contribution in [0.2, 0.25) is 0 Å². The zero-order valence-electron chi connectivity index (χ0n) is 9.10. The van der Waals surface area contributed by atoms with Crippen LogP contribution < -0.4 is 5.73 Å². The van der Waals surface area contributed by atoms with Gasteiger partial charge in [0.05, 0.1) is 5.69 Å². The highest BCUT2D eigenvalue weighted by molar-refractivity contribution is 7.15. The molecule has 0 unspecified atom stereocenters. The Morgan fingerprint density at radius 2 is 2.00 bits per heavy atom. The first-order valence-electron chi connectivity index (χ1n) is 5.22. The van der Waals surface area contributed by atoms with Crippen LogP contribution in [0.4, 0.5) is 0 Å². The Morgan fingerprint density at radius 1 is 1.31 bits per heavy atom. The van der Waals surface area contributed by atoms with Crippen molar-refractivity contribution in [2.75, 3.05) is 0 Å². The van der Waals surface area contributed by atoms with Gasteiger partial charge >= 0.3 is 0 Å². The van der Waals surface area contributed by atoms with Crippen molar-refractivity contribution in [1.29, 1.82) is 0 Å². The first-order chi connectivity index (χ1) is 7.74. The lowest BCUT2D eigenvalue weighted by Gasteiger charge is -1.95. The third kappa shape index (κ3) is 2.08. The molecule has 1 aromatic carbocycles. The zero-order valence-corrected chi connectivity index (χ0v) is 9.92. The third-order valence-corrected chi connectivity index (χ3v) is 3.58. The van der Waals surface area contributed by atoms with Crippen LogP contribution >= 0.6 is 11.3 Å². The quantitative estimate of drug-likeness (QED) is 0.858. The lowest BCUT2D eigenvalue weighted by Crippen LogP contribution is -1.96. The van der Waals surface area contributed by atoms with E-state index in [-0.39, 0.29) is 5.75 Å². The van der Waals surface area contributed by atoms with Crippen LogP contribution in [0.15, 0.2) is 24.3 Å². The second-order valence-electron chi connectivity index (χ2n) is 3.49. The molecule has 16 heavy (non-hydrogen) atoms. The highest BCUT2D eigenvalue weighted by Crippen LogP contribution is 2.29. The van der Waals surface area contributed by atoms with Crippen molar-refractivity contribution >= 4 is 11.3 Å². The smallest absolute Gasteiger partial charge is 0.123 e. The van der Waals surface area contributed by atoms with Gasteiger partial charge in [0.25, 0.3) is 0 Å². The molecule has 0 aliphatic carbocycles. The van der Waals surface area contributed by atoms with Gasteiger partial charge in [0.15, 0.2) is 0 Å². The molecule has 2 aromatic rings. The van der Waals surface area contributed by atoms with Gasteiger partial charge in [0.1, 0.15) is 10.8 Å². The van der Waals surface area contributed by atoms with E-state index in [1.165, 1.54) is 0 Å². The fraction of sp³-hybridized carbons (Fsp3) is 0.250. The molecule has 0 radical (unpaired) electrons. The summed E-state index contributed by atoms with van der Waals surface area (Å²) in [5, 5.41) is 10.2. The molecule has 1 aromatic heterocycles. The first kappa shape index (κ1) is 11.1. The predicted molar refractivity (Wildman–Crippen MR) is 66.5 cm³/mol. The molecule has 0 amide bonds. The molecular formula is C12H14N2OS. The Hall–Kier alpha value is -1.39. The lowest BCUT2D eigenvalue weighted by atomic mass is 10.2.